The van der Waals surface area contributed by atoms with Crippen LogP contribution in [0, 0.1) is 11.8 Å². The lowest BCUT2D eigenvalue weighted by Gasteiger charge is -2.26. The SMILES string of the molecule is C=CC(=O)Nc1cc(Nc2cc(N3OCC[C@@H]3c3cccc(C#Cc4cccc(O)c4)c3)ncn2)c(OC)cc1N(C)CCN(C)C. The van der Waals surface area contributed by atoms with E-state index in [1.807, 2.05) is 69.7 Å². The molecule has 5 rings (SSSR count). The van der Waals surface area contributed by atoms with Crippen molar-refractivity contribution in [2.75, 3.05) is 68.5 Å². The smallest absolute Gasteiger partial charge is 0.247 e. The minimum atomic E-state index is -0.320. The van der Waals surface area contributed by atoms with Gasteiger partial charge in [-0.1, -0.05) is 36.6 Å². The molecular weight excluding hydrogens is 594 g/mol. The van der Waals surface area contributed by atoms with Crippen LogP contribution in [0.5, 0.6) is 11.5 Å². The number of carbonyl (C=O) groups is 1. The predicted molar refractivity (Wildman–Crippen MR) is 185 cm³/mol. The highest BCUT2D eigenvalue weighted by molar-refractivity contribution is 6.02. The number of rotatable bonds is 11. The number of ether oxygens (including phenoxy) is 1. The molecule has 1 atom stereocenters. The number of likely N-dealkylation sites (N-methyl/N-ethyl adjacent to an activating group) is 2. The number of methoxy groups -OCH3 is 1. The predicted octanol–water partition coefficient (Wildman–Crippen LogP) is 5.34. The Bertz CT molecular complexity index is 1800. The number of anilines is 5. The van der Waals surface area contributed by atoms with Crippen LogP contribution in [-0.4, -0.2) is 73.8 Å². The molecule has 2 heterocycles. The lowest BCUT2D eigenvalue weighted by atomic mass is 10.0. The molecule has 3 N–H and O–H groups in total. The first-order valence-electron chi connectivity index (χ1n) is 15.2. The maximum Gasteiger partial charge on any atom is 0.247 e. The van der Waals surface area contributed by atoms with Crippen molar-refractivity contribution in [1.82, 2.24) is 14.9 Å². The second kappa shape index (κ2) is 15.1. The average molecular weight is 634 g/mol. The van der Waals surface area contributed by atoms with Crippen molar-refractivity contribution in [2.45, 2.75) is 12.5 Å². The third-order valence-electron chi connectivity index (χ3n) is 7.57. The van der Waals surface area contributed by atoms with Gasteiger partial charge in [0.2, 0.25) is 5.91 Å². The van der Waals surface area contributed by atoms with Crippen LogP contribution in [0.25, 0.3) is 0 Å². The van der Waals surface area contributed by atoms with Crippen LogP contribution >= 0.6 is 0 Å². The van der Waals surface area contributed by atoms with Crippen molar-refractivity contribution in [1.29, 1.82) is 0 Å². The highest BCUT2D eigenvalue weighted by Gasteiger charge is 2.29. The Hall–Kier alpha value is -5.57. The quantitative estimate of drug-likeness (QED) is 0.148. The number of phenols is 1. The maximum atomic E-state index is 12.4. The van der Waals surface area contributed by atoms with E-state index in [0.29, 0.717) is 35.4 Å². The Labute approximate surface area is 275 Å². The minimum Gasteiger partial charge on any atom is -0.508 e. The summed E-state index contributed by atoms with van der Waals surface area (Å²) >= 11 is 0. The molecule has 1 aromatic heterocycles. The fraction of sp³-hybridized carbons (Fsp3) is 0.250. The van der Waals surface area contributed by atoms with Gasteiger partial charge in [0.1, 0.15) is 23.6 Å². The van der Waals surface area contributed by atoms with E-state index in [2.05, 4.69) is 48.8 Å². The van der Waals surface area contributed by atoms with Gasteiger partial charge in [-0.25, -0.2) is 15.0 Å². The summed E-state index contributed by atoms with van der Waals surface area (Å²) in [6.45, 7) is 5.69. The van der Waals surface area contributed by atoms with Gasteiger partial charge >= 0.3 is 0 Å². The number of aromatic hydroxyl groups is 1. The average Bonchev–Trinajstić information content (AvgIpc) is 3.57. The summed E-state index contributed by atoms with van der Waals surface area (Å²) in [4.78, 5) is 31.5. The zero-order valence-corrected chi connectivity index (χ0v) is 27.0. The van der Waals surface area contributed by atoms with E-state index in [0.717, 1.165) is 41.9 Å². The van der Waals surface area contributed by atoms with Gasteiger partial charge in [-0.05, 0) is 62.1 Å². The van der Waals surface area contributed by atoms with Crippen LogP contribution in [0.2, 0.25) is 0 Å². The summed E-state index contributed by atoms with van der Waals surface area (Å²) in [6.07, 6.45) is 3.48. The monoisotopic (exact) mass is 633 g/mol. The molecule has 0 spiro atoms. The second-order valence-corrected chi connectivity index (χ2v) is 11.3. The van der Waals surface area contributed by atoms with E-state index >= 15 is 0 Å². The summed E-state index contributed by atoms with van der Waals surface area (Å²) in [7, 11) is 7.59. The van der Waals surface area contributed by atoms with Crippen molar-refractivity contribution in [3.63, 3.8) is 0 Å². The number of amides is 1. The fourth-order valence-electron chi connectivity index (χ4n) is 5.13. The normalized spacial score (nSPS) is 13.9. The van der Waals surface area contributed by atoms with Gasteiger partial charge in [0.05, 0.1) is 36.8 Å². The molecule has 0 aliphatic carbocycles. The summed E-state index contributed by atoms with van der Waals surface area (Å²) in [5.74, 6) is 7.84. The first-order valence-corrected chi connectivity index (χ1v) is 15.2. The van der Waals surface area contributed by atoms with Gasteiger partial charge in [-0.2, -0.15) is 0 Å². The molecule has 0 unspecified atom stereocenters. The van der Waals surface area contributed by atoms with Gasteiger partial charge in [-0.3, -0.25) is 9.63 Å². The van der Waals surface area contributed by atoms with Crippen LogP contribution < -0.4 is 25.3 Å². The maximum absolute atomic E-state index is 12.4. The Morgan fingerprint density at radius 3 is 2.55 bits per heavy atom. The van der Waals surface area contributed by atoms with Crippen molar-refractivity contribution in [2.24, 2.45) is 0 Å². The highest BCUT2D eigenvalue weighted by Crippen LogP contribution is 2.39. The van der Waals surface area contributed by atoms with Gasteiger partial charge in [0, 0.05) is 49.8 Å². The molecule has 1 amide bonds. The zero-order chi connectivity index (χ0) is 33.3. The Morgan fingerprint density at radius 2 is 1.83 bits per heavy atom. The minimum absolute atomic E-state index is 0.0903. The molecule has 1 aliphatic rings. The standard InChI is InChI=1S/C36H39N7O4/c1-6-36(45)40-29-21-30(33(46-5)22-32(29)42(4)17-16-41(2)3)39-34-23-35(38-24-37-34)43-31(15-18-47-43)27-11-7-9-25(19-27)13-14-26-10-8-12-28(44)20-26/h6-12,19-24,31,44H,1,15-18H2,2-5H3,(H,40,45)(H,37,38,39)/t31-/m1/s1. The van der Waals surface area contributed by atoms with Gasteiger partial charge in [0.25, 0.3) is 0 Å². The van der Waals surface area contributed by atoms with Gasteiger partial charge < -0.3 is 30.3 Å². The topological polar surface area (TPSA) is 115 Å². The molecule has 3 aromatic carbocycles. The molecule has 0 saturated carbocycles. The number of benzene rings is 3. The fourth-order valence-corrected chi connectivity index (χ4v) is 5.13. The summed E-state index contributed by atoms with van der Waals surface area (Å²) in [6, 6.07) is 20.3. The molecule has 0 bridgehead atoms. The van der Waals surface area contributed by atoms with Crippen LogP contribution in [0.3, 0.4) is 0 Å². The molecule has 11 heteroatoms. The zero-order valence-electron chi connectivity index (χ0n) is 27.0. The first-order chi connectivity index (χ1) is 22.7. The summed E-state index contributed by atoms with van der Waals surface area (Å²) < 4.78 is 5.76. The number of aromatic nitrogens is 2. The number of hydroxylamine groups is 1. The van der Waals surface area contributed by atoms with Crippen LogP contribution in [0.15, 0.2) is 85.7 Å². The summed E-state index contributed by atoms with van der Waals surface area (Å²) in [5.41, 5.74) is 4.64. The van der Waals surface area contributed by atoms with E-state index in [9.17, 15) is 9.90 Å². The first kappa shape index (κ1) is 32.8. The number of hydrogen-bond donors (Lipinski definition) is 3. The molecule has 4 aromatic rings. The van der Waals surface area contributed by atoms with Crippen LogP contribution in [0.1, 0.15) is 29.2 Å². The lowest BCUT2D eigenvalue weighted by Crippen LogP contribution is -2.29. The van der Waals surface area contributed by atoms with E-state index < -0.39 is 0 Å². The van der Waals surface area contributed by atoms with Crippen molar-refractivity contribution < 1.29 is 19.5 Å². The number of carbonyl (C=O) groups excluding carboxylic acids is 1. The summed E-state index contributed by atoms with van der Waals surface area (Å²) in [5, 5.41) is 17.8. The number of phenolic OH excluding ortho intramolecular Hbond substituents is 1. The Balaban J connectivity index is 1.39. The second-order valence-electron chi connectivity index (χ2n) is 11.3. The Morgan fingerprint density at radius 1 is 1.06 bits per heavy atom. The van der Waals surface area contributed by atoms with Crippen molar-refractivity contribution in [3.8, 4) is 23.3 Å². The molecular formula is C36H39N7O4. The molecule has 11 nitrogen and oxygen atoms in total. The van der Waals surface area contributed by atoms with Gasteiger partial charge in [0.15, 0.2) is 5.82 Å². The van der Waals surface area contributed by atoms with E-state index in [1.165, 1.54) is 12.4 Å². The highest BCUT2D eigenvalue weighted by atomic mass is 16.7. The third-order valence-corrected chi connectivity index (χ3v) is 7.57. The molecule has 1 saturated heterocycles. The molecule has 242 valence electrons. The molecule has 0 radical (unpaired) electrons. The Kier molecular flexibility index (Phi) is 10.6. The van der Waals surface area contributed by atoms with Gasteiger partial charge in [-0.15, -0.1) is 0 Å². The van der Waals surface area contributed by atoms with Crippen molar-refractivity contribution in [3.05, 3.63) is 102 Å². The van der Waals surface area contributed by atoms with Crippen molar-refractivity contribution >= 4 is 34.6 Å². The molecule has 1 aliphatic heterocycles. The van der Waals surface area contributed by atoms with E-state index in [4.69, 9.17) is 9.57 Å². The number of hydrogen-bond acceptors (Lipinski definition) is 10. The van der Waals surface area contributed by atoms with E-state index in [-0.39, 0.29) is 17.7 Å². The van der Waals surface area contributed by atoms with E-state index in [1.54, 1.807) is 30.4 Å². The van der Waals surface area contributed by atoms with Crippen LogP contribution in [0.4, 0.5) is 28.7 Å². The number of nitrogens with one attached hydrogen (secondary N) is 2. The largest absolute Gasteiger partial charge is 0.508 e. The molecule has 1 fully saturated rings. The number of nitrogens with zero attached hydrogens (tertiary/aromatic N) is 5. The third kappa shape index (κ3) is 8.38. The molecule has 47 heavy (non-hydrogen) atoms. The lowest BCUT2D eigenvalue weighted by molar-refractivity contribution is -0.111. The van der Waals surface area contributed by atoms with Crippen LogP contribution in [-0.2, 0) is 9.63 Å².